The van der Waals surface area contributed by atoms with E-state index in [0.717, 1.165) is 30.3 Å². The summed E-state index contributed by atoms with van der Waals surface area (Å²) >= 11 is 0. The summed E-state index contributed by atoms with van der Waals surface area (Å²) in [7, 11) is 0. The molecule has 0 bridgehead atoms. The van der Waals surface area contributed by atoms with Crippen LogP contribution in [0.25, 0.3) is 10.8 Å². The van der Waals surface area contributed by atoms with Crippen molar-refractivity contribution in [3.8, 4) is 0 Å². The third-order valence-corrected chi connectivity index (χ3v) is 3.30. The van der Waals surface area contributed by atoms with Gasteiger partial charge in [-0.2, -0.15) is 0 Å². The Bertz CT molecular complexity index is 576. The normalized spacial score (nSPS) is 19.0. The molecule has 1 aliphatic rings. The number of nitrogens with one attached hydrogen (secondary N) is 2. The van der Waals surface area contributed by atoms with Crippen molar-refractivity contribution in [1.29, 1.82) is 0 Å². The molecule has 4 nitrogen and oxygen atoms in total. The molecule has 1 saturated heterocycles. The van der Waals surface area contributed by atoms with Gasteiger partial charge in [-0.15, -0.1) is 0 Å². The van der Waals surface area contributed by atoms with Gasteiger partial charge in [0.05, 0.1) is 0 Å². The summed E-state index contributed by atoms with van der Waals surface area (Å²) in [6.07, 6.45) is 4.55. The van der Waals surface area contributed by atoms with E-state index >= 15 is 0 Å². The van der Waals surface area contributed by atoms with Crippen LogP contribution in [0.15, 0.2) is 36.7 Å². The highest BCUT2D eigenvalue weighted by atomic mass is 16.1. The summed E-state index contributed by atoms with van der Waals surface area (Å²) in [4.78, 5) is 16.2. The quantitative estimate of drug-likeness (QED) is 0.834. The highest BCUT2D eigenvalue weighted by Gasteiger charge is 2.17. The number of pyridine rings is 1. The van der Waals surface area contributed by atoms with Gasteiger partial charge in [0.15, 0.2) is 0 Å². The number of amides is 1. The molecule has 0 spiro atoms. The second-order valence-corrected chi connectivity index (χ2v) is 4.60. The summed E-state index contributed by atoms with van der Waals surface area (Å²) in [5.41, 5.74) is 0.709. The van der Waals surface area contributed by atoms with Gasteiger partial charge in [0.25, 0.3) is 5.91 Å². The maximum atomic E-state index is 12.1. The van der Waals surface area contributed by atoms with Gasteiger partial charge in [0.1, 0.15) is 0 Å². The summed E-state index contributed by atoms with van der Waals surface area (Å²) in [5.74, 6) is 0.00223. The topological polar surface area (TPSA) is 54.0 Å². The van der Waals surface area contributed by atoms with Crippen molar-refractivity contribution in [2.45, 2.75) is 12.5 Å². The maximum Gasteiger partial charge on any atom is 0.251 e. The summed E-state index contributed by atoms with van der Waals surface area (Å²) in [6.45, 7) is 1.84. The van der Waals surface area contributed by atoms with Crippen molar-refractivity contribution >= 4 is 16.7 Å². The first kappa shape index (κ1) is 11.2. The molecule has 2 aromatic rings. The van der Waals surface area contributed by atoms with Crippen LogP contribution in [0, 0.1) is 0 Å². The predicted octanol–water partition coefficient (Wildman–Crippen LogP) is 1.33. The molecule has 1 aromatic heterocycles. The van der Waals surface area contributed by atoms with E-state index in [1.165, 1.54) is 0 Å². The molecule has 1 aromatic carbocycles. The first-order valence-electron chi connectivity index (χ1n) is 6.18. The van der Waals surface area contributed by atoms with Gasteiger partial charge in [-0.3, -0.25) is 9.78 Å². The number of rotatable bonds is 2. The molecule has 92 valence electrons. The van der Waals surface area contributed by atoms with E-state index in [1.807, 2.05) is 24.3 Å². The lowest BCUT2D eigenvalue weighted by atomic mass is 10.1. The van der Waals surface area contributed by atoms with Crippen molar-refractivity contribution in [3.05, 3.63) is 42.2 Å². The number of benzene rings is 1. The molecule has 1 atom stereocenters. The van der Waals surface area contributed by atoms with Crippen molar-refractivity contribution in [2.24, 2.45) is 0 Å². The number of hydrogen-bond donors (Lipinski definition) is 2. The molecule has 1 fully saturated rings. The number of carbonyl (C=O) groups excluding carboxylic acids is 1. The maximum absolute atomic E-state index is 12.1. The average Bonchev–Trinajstić information content (AvgIpc) is 2.91. The smallest absolute Gasteiger partial charge is 0.251 e. The summed E-state index contributed by atoms with van der Waals surface area (Å²) < 4.78 is 0. The zero-order valence-corrected chi connectivity index (χ0v) is 10.0. The van der Waals surface area contributed by atoms with Crippen molar-refractivity contribution < 1.29 is 4.79 Å². The Morgan fingerprint density at radius 1 is 1.33 bits per heavy atom. The third-order valence-electron chi connectivity index (χ3n) is 3.30. The largest absolute Gasteiger partial charge is 0.348 e. The minimum absolute atomic E-state index is 0.00223. The minimum Gasteiger partial charge on any atom is -0.348 e. The molecule has 4 heteroatoms. The van der Waals surface area contributed by atoms with E-state index in [2.05, 4.69) is 15.6 Å². The van der Waals surface area contributed by atoms with Crippen LogP contribution in [0.2, 0.25) is 0 Å². The Balaban J connectivity index is 1.82. The number of carbonyl (C=O) groups is 1. The molecule has 0 aliphatic carbocycles. The van der Waals surface area contributed by atoms with Gasteiger partial charge < -0.3 is 10.6 Å². The number of nitrogens with zero attached hydrogens (tertiary/aromatic N) is 1. The fourth-order valence-corrected chi connectivity index (χ4v) is 2.27. The van der Waals surface area contributed by atoms with Gasteiger partial charge in [0, 0.05) is 35.9 Å². The van der Waals surface area contributed by atoms with Gasteiger partial charge in [0.2, 0.25) is 0 Å². The molecule has 3 rings (SSSR count). The predicted molar refractivity (Wildman–Crippen MR) is 70.5 cm³/mol. The van der Waals surface area contributed by atoms with E-state index in [0.29, 0.717) is 5.56 Å². The van der Waals surface area contributed by atoms with Crippen LogP contribution in [-0.2, 0) is 0 Å². The van der Waals surface area contributed by atoms with Crippen molar-refractivity contribution in [2.75, 3.05) is 13.1 Å². The lowest BCUT2D eigenvalue weighted by Gasteiger charge is -2.11. The Morgan fingerprint density at radius 2 is 2.28 bits per heavy atom. The van der Waals surface area contributed by atoms with E-state index in [4.69, 9.17) is 0 Å². The van der Waals surface area contributed by atoms with Crippen LogP contribution in [-0.4, -0.2) is 30.0 Å². The molecule has 2 N–H and O–H groups in total. The fourth-order valence-electron chi connectivity index (χ4n) is 2.27. The average molecular weight is 241 g/mol. The number of aromatic nitrogens is 1. The standard InChI is InChI=1S/C14H15N3O/c18-14(17-13-4-6-16-9-13)11-1-2-12-8-15-5-3-10(12)7-11/h1-3,5,7-8,13,16H,4,6,9H2,(H,17,18). The van der Waals surface area contributed by atoms with Gasteiger partial charge in [-0.25, -0.2) is 0 Å². The van der Waals surface area contributed by atoms with Crippen LogP contribution in [0.5, 0.6) is 0 Å². The SMILES string of the molecule is O=C(NC1CCNC1)c1ccc2cnccc2c1. The molecule has 18 heavy (non-hydrogen) atoms. The Labute approximate surface area is 105 Å². The first-order chi connectivity index (χ1) is 8.83. The monoisotopic (exact) mass is 241 g/mol. The van der Waals surface area contributed by atoms with E-state index in [-0.39, 0.29) is 11.9 Å². The van der Waals surface area contributed by atoms with Gasteiger partial charge >= 0.3 is 0 Å². The Kier molecular flexibility index (Phi) is 2.94. The van der Waals surface area contributed by atoms with Gasteiger partial charge in [-0.1, -0.05) is 6.07 Å². The lowest BCUT2D eigenvalue weighted by molar-refractivity contribution is 0.0940. The van der Waals surface area contributed by atoms with Crippen LogP contribution >= 0.6 is 0 Å². The van der Waals surface area contributed by atoms with Crippen molar-refractivity contribution in [1.82, 2.24) is 15.6 Å². The van der Waals surface area contributed by atoms with E-state index in [9.17, 15) is 4.79 Å². The number of fused-ring (bicyclic) bond motifs is 1. The summed E-state index contributed by atoms with van der Waals surface area (Å²) in [6, 6.07) is 7.87. The summed E-state index contributed by atoms with van der Waals surface area (Å²) in [5, 5.41) is 8.37. The third kappa shape index (κ3) is 2.19. The highest BCUT2D eigenvalue weighted by molar-refractivity contribution is 5.98. The second kappa shape index (κ2) is 4.74. The molecule has 0 saturated carbocycles. The van der Waals surface area contributed by atoms with E-state index < -0.39 is 0 Å². The first-order valence-corrected chi connectivity index (χ1v) is 6.18. The molecular formula is C14H15N3O. The molecule has 0 radical (unpaired) electrons. The van der Waals surface area contributed by atoms with Crippen LogP contribution in [0.1, 0.15) is 16.8 Å². The van der Waals surface area contributed by atoms with Crippen molar-refractivity contribution in [3.63, 3.8) is 0 Å². The Hall–Kier alpha value is -1.94. The lowest BCUT2D eigenvalue weighted by Crippen LogP contribution is -2.36. The molecular weight excluding hydrogens is 226 g/mol. The van der Waals surface area contributed by atoms with Gasteiger partial charge in [-0.05, 0) is 36.6 Å². The van der Waals surface area contributed by atoms with Crippen LogP contribution < -0.4 is 10.6 Å². The molecule has 2 heterocycles. The zero-order chi connectivity index (χ0) is 12.4. The highest BCUT2D eigenvalue weighted by Crippen LogP contribution is 2.14. The Morgan fingerprint density at radius 3 is 3.11 bits per heavy atom. The second-order valence-electron chi connectivity index (χ2n) is 4.60. The zero-order valence-electron chi connectivity index (χ0n) is 10.0. The molecule has 1 unspecified atom stereocenters. The van der Waals surface area contributed by atoms with E-state index in [1.54, 1.807) is 12.4 Å². The molecule has 1 aliphatic heterocycles. The molecule has 1 amide bonds. The number of hydrogen-bond acceptors (Lipinski definition) is 3. The van der Waals surface area contributed by atoms with Crippen LogP contribution in [0.4, 0.5) is 0 Å². The fraction of sp³-hybridized carbons (Fsp3) is 0.286. The minimum atomic E-state index is 0.00223. The van der Waals surface area contributed by atoms with Crippen LogP contribution in [0.3, 0.4) is 0 Å².